The van der Waals surface area contributed by atoms with Crippen LogP contribution in [-0.2, 0) is 0 Å². The number of aryl methyl sites for hydroxylation is 2. The molecule has 0 spiro atoms. The number of aliphatic hydroxyl groups is 1. The number of carbonyl (C=O) groups is 1. The van der Waals surface area contributed by atoms with Crippen molar-refractivity contribution in [3.05, 3.63) is 15.6 Å². The minimum absolute atomic E-state index is 0.00205. The third-order valence-electron chi connectivity index (χ3n) is 3.33. The van der Waals surface area contributed by atoms with Gasteiger partial charge in [-0.15, -0.1) is 11.3 Å². The van der Waals surface area contributed by atoms with Crippen molar-refractivity contribution in [3.63, 3.8) is 0 Å². The van der Waals surface area contributed by atoms with E-state index in [-0.39, 0.29) is 5.91 Å². The van der Waals surface area contributed by atoms with E-state index in [2.05, 4.69) is 4.98 Å². The molecule has 1 N–H and O–H groups in total. The topological polar surface area (TPSA) is 56.7 Å². The molecule has 1 saturated heterocycles. The van der Waals surface area contributed by atoms with Crippen LogP contribution in [0, 0.1) is 13.8 Å². The standard InChI is InChI=1S/C13H21N3O2S/c1-9-11(19-10(2)14-9)12(17)16-6-5-13(18,8-16)7-15(3)4/h18H,5-8H2,1-4H3/t13-/m1/s1. The molecule has 0 aromatic carbocycles. The van der Waals surface area contributed by atoms with Gasteiger partial charge < -0.3 is 14.9 Å². The molecule has 106 valence electrons. The Morgan fingerprint density at radius 1 is 1.53 bits per heavy atom. The molecule has 1 aromatic heterocycles. The first-order valence-electron chi connectivity index (χ1n) is 6.41. The van der Waals surface area contributed by atoms with Crippen molar-refractivity contribution in [2.45, 2.75) is 25.9 Å². The highest BCUT2D eigenvalue weighted by Crippen LogP contribution is 2.26. The zero-order valence-electron chi connectivity index (χ0n) is 11.9. The number of hydrogen-bond donors (Lipinski definition) is 1. The summed E-state index contributed by atoms with van der Waals surface area (Å²) in [4.78, 5) is 21.1. The van der Waals surface area contributed by atoms with E-state index in [1.165, 1.54) is 11.3 Å². The number of amides is 1. The molecule has 6 heteroatoms. The van der Waals surface area contributed by atoms with Crippen LogP contribution < -0.4 is 0 Å². The number of likely N-dealkylation sites (tertiary alicyclic amines) is 1. The number of thiazole rings is 1. The first kappa shape index (κ1) is 14.4. The summed E-state index contributed by atoms with van der Waals surface area (Å²) in [5.41, 5.74) is 0.00262. The summed E-state index contributed by atoms with van der Waals surface area (Å²) in [6.45, 7) is 5.36. The van der Waals surface area contributed by atoms with E-state index in [1.807, 2.05) is 32.8 Å². The number of carbonyl (C=O) groups excluding carboxylic acids is 1. The zero-order chi connectivity index (χ0) is 14.2. The van der Waals surface area contributed by atoms with Crippen molar-refractivity contribution in [2.75, 3.05) is 33.7 Å². The van der Waals surface area contributed by atoms with Crippen molar-refractivity contribution in [1.29, 1.82) is 0 Å². The highest BCUT2D eigenvalue weighted by Gasteiger charge is 2.39. The molecule has 0 aliphatic carbocycles. The Kier molecular flexibility index (Phi) is 3.94. The SMILES string of the molecule is Cc1nc(C)c(C(=O)N2CC[C@@](O)(CN(C)C)C2)s1. The lowest BCUT2D eigenvalue weighted by atomic mass is 10.0. The summed E-state index contributed by atoms with van der Waals surface area (Å²) in [6, 6.07) is 0. The predicted molar refractivity (Wildman–Crippen MR) is 75.6 cm³/mol. The van der Waals surface area contributed by atoms with Gasteiger partial charge in [0.15, 0.2) is 0 Å². The van der Waals surface area contributed by atoms with Crippen LogP contribution in [0.4, 0.5) is 0 Å². The average molecular weight is 283 g/mol. The second-order valence-corrected chi connectivity index (χ2v) is 6.79. The van der Waals surface area contributed by atoms with E-state index < -0.39 is 5.60 Å². The summed E-state index contributed by atoms with van der Waals surface area (Å²) < 4.78 is 0. The Bertz CT molecular complexity index is 486. The lowest BCUT2D eigenvalue weighted by Gasteiger charge is -2.26. The highest BCUT2D eigenvalue weighted by molar-refractivity contribution is 7.13. The Morgan fingerprint density at radius 2 is 2.21 bits per heavy atom. The number of aromatic nitrogens is 1. The molecule has 1 aliphatic rings. The quantitative estimate of drug-likeness (QED) is 0.895. The van der Waals surface area contributed by atoms with Gasteiger partial charge >= 0.3 is 0 Å². The molecule has 5 nitrogen and oxygen atoms in total. The van der Waals surface area contributed by atoms with Crippen molar-refractivity contribution in [2.24, 2.45) is 0 Å². The first-order chi connectivity index (χ1) is 8.81. The largest absolute Gasteiger partial charge is 0.387 e. The molecule has 0 unspecified atom stereocenters. The van der Waals surface area contributed by atoms with Crippen molar-refractivity contribution in [1.82, 2.24) is 14.8 Å². The van der Waals surface area contributed by atoms with Crippen LogP contribution in [0.2, 0.25) is 0 Å². The molecule has 2 rings (SSSR count). The maximum atomic E-state index is 12.4. The summed E-state index contributed by atoms with van der Waals surface area (Å²) in [5, 5.41) is 11.4. The number of β-amino-alcohol motifs (C(OH)–C–C–N with tert-alkyl or cyclic N) is 1. The molecule has 19 heavy (non-hydrogen) atoms. The third-order valence-corrected chi connectivity index (χ3v) is 4.39. The molecule has 0 saturated carbocycles. The van der Waals surface area contributed by atoms with Gasteiger partial charge in [0.05, 0.1) is 22.8 Å². The monoisotopic (exact) mass is 283 g/mol. The van der Waals surface area contributed by atoms with Gasteiger partial charge in [-0.05, 0) is 34.4 Å². The predicted octanol–water partition coefficient (Wildman–Crippen LogP) is 0.899. The lowest BCUT2D eigenvalue weighted by Crippen LogP contribution is -2.43. The van der Waals surface area contributed by atoms with E-state index >= 15 is 0 Å². The normalized spacial score (nSPS) is 23.4. The molecule has 1 aromatic rings. The zero-order valence-corrected chi connectivity index (χ0v) is 12.8. The van der Waals surface area contributed by atoms with Crippen LogP contribution in [0.15, 0.2) is 0 Å². The van der Waals surface area contributed by atoms with Gasteiger partial charge in [0.25, 0.3) is 5.91 Å². The Labute approximate surface area is 117 Å². The van der Waals surface area contributed by atoms with E-state index in [0.29, 0.717) is 30.9 Å². The van der Waals surface area contributed by atoms with Gasteiger partial charge in [0, 0.05) is 13.1 Å². The molecule has 1 amide bonds. The first-order valence-corrected chi connectivity index (χ1v) is 7.23. The molecule has 1 fully saturated rings. The summed E-state index contributed by atoms with van der Waals surface area (Å²) in [7, 11) is 3.86. The minimum Gasteiger partial charge on any atom is -0.387 e. The maximum absolute atomic E-state index is 12.4. The van der Waals surface area contributed by atoms with E-state index in [1.54, 1.807) is 4.90 Å². The Morgan fingerprint density at radius 3 is 2.74 bits per heavy atom. The summed E-state index contributed by atoms with van der Waals surface area (Å²) >= 11 is 1.43. The number of nitrogens with zero attached hydrogens (tertiary/aromatic N) is 3. The van der Waals surface area contributed by atoms with Crippen molar-refractivity contribution in [3.8, 4) is 0 Å². The van der Waals surface area contributed by atoms with Gasteiger partial charge in [-0.1, -0.05) is 0 Å². The fourth-order valence-corrected chi connectivity index (χ4v) is 3.51. The third kappa shape index (κ3) is 3.13. The average Bonchev–Trinajstić information content (AvgIpc) is 2.80. The lowest BCUT2D eigenvalue weighted by molar-refractivity contribution is 0.0237. The second kappa shape index (κ2) is 5.19. The number of rotatable bonds is 3. The van der Waals surface area contributed by atoms with Gasteiger partial charge in [0.2, 0.25) is 0 Å². The van der Waals surface area contributed by atoms with Crippen LogP contribution >= 0.6 is 11.3 Å². The second-order valence-electron chi connectivity index (χ2n) is 5.59. The van der Waals surface area contributed by atoms with Crippen LogP contribution in [-0.4, -0.2) is 65.1 Å². The van der Waals surface area contributed by atoms with Crippen LogP contribution in [0.5, 0.6) is 0 Å². The molecule has 1 aliphatic heterocycles. The van der Waals surface area contributed by atoms with Crippen molar-refractivity contribution < 1.29 is 9.90 Å². The molecule has 1 atom stereocenters. The Balaban J connectivity index is 2.09. The number of hydrogen-bond acceptors (Lipinski definition) is 5. The maximum Gasteiger partial charge on any atom is 0.265 e. The van der Waals surface area contributed by atoms with E-state index in [9.17, 15) is 9.90 Å². The molecular formula is C13H21N3O2S. The fraction of sp³-hybridized carbons (Fsp3) is 0.692. The highest BCUT2D eigenvalue weighted by atomic mass is 32.1. The van der Waals surface area contributed by atoms with Gasteiger partial charge in [-0.2, -0.15) is 0 Å². The molecular weight excluding hydrogens is 262 g/mol. The van der Waals surface area contributed by atoms with Crippen LogP contribution in [0.1, 0.15) is 26.8 Å². The molecule has 0 radical (unpaired) electrons. The van der Waals surface area contributed by atoms with Gasteiger partial charge in [-0.3, -0.25) is 4.79 Å². The minimum atomic E-state index is -0.785. The van der Waals surface area contributed by atoms with E-state index in [4.69, 9.17) is 0 Å². The number of likely N-dealkylation sites (N-methyl/N-ethyl adjacent to an activating group) is 1. The molecule has 2 heterocycles. The van der Waals surface area contributed by atoms with Crippen LogP contribution in [0.25, 0.3) is 0 Å². The van der Waals surface area contributed by atoms with Gasteiger partial charge in [0.1, 0.15) is 4.88 Å². The van der Waals surface area contributed by atoms with Gasteiger partial charge in [-0.25, -0.2) is 4.98 Å². The van der Waals surface area contributed by atoms with E-state index in [0.717, 1.165) is 10.7 Å². The smallest absolute Gasteiger partial charge is 0.265 e. The summed E-state index contributed by atoms with van der Waals surface area (Å²) in [5.74, 6) is -0.00205. The molecule has 0 bridgehead atoms. The summed E-state index contributed by atoms with van der Waals surface area (Å²) in [6.07, 6.45) is 0.633. The van der Waals surface area contributed by atoms with Crippen molar-refractivity contribution >= 4 is 17.2 Å². The fourth-order valence-electron chi connectivity index (χ4n) is 2.62. The Hall–Kier alpha value is -0.980. The van der Waals surface area contributed by atoms with Crippen LogP contribution in [0.3, 0.4) is 0 Å².